The van der Waals surface area contributed by atoms with Gasteiger partial charge in [-0.15, -0.1) is 12.4 Å². The molecular formula is C12H18Cl2N2O2. The predicted molar refractivity (Wildman–Crippen MR) is 74.6 cm³/mol. The van der Waals surface area contributed by atoms with Gasteiger partial charge in [0.05, 0.1) is 17.7 Å². The second-order valence-electron chi connectivity index (χ2n) is 4.20. The molecule has 0 aromatic heterocycles. The Morgan fingerprint density at radius 1 is 1.33 bits per heavy atom. The number of phenols is 1. The number of aliphatic hydroxyl groups excluding tert-OH is 1. The Morgan fingerprint density at radius 2 is 2.00 bits per heavy atom. The van der Waals surface area contributed by atoms with Crippen LogP contribution in [0, 0.1) is 0 Å². The average Bonchev–Trinajstić information content (AvgIpc) is 2.36. The maximum absolute atomic E-state index is 9.52. The van der Waals surface area contributed by atoms with Gasteiger partial charge in [-0.3, -0.25) is 4.90 Å². The van der Waals surface area contributed by atoms with Crippen LogP contribution in [-0.2, 0) is 0 Å². The van der Waals surface area contributed by atoms with Crippen LogP contribution in [0.25, 0.3) is 0 Å². The fourth-order valence-electron chi connectivity index (χ4n) is 2.16. The third kappa shape index (κ3) is 3.49. The van der Waals surface area contributed by atoms with E-state index in [9.17, 15) is 10.2 Å². The summed E-state index contributed by atoms with van der Waals surface area (Å²) < 4.78 is 0. The molecule has 2 rings (SSSR count). The summed E-state index contributed by atoms with van der Waals surface area (Å²) in [7, 11) is 0. The van der Waals surface area contributed by atoms with Gasteiger partial charge in [-0.25, -0.2) is 0 Å². The van der Waals surface area contributed by atoms with E-state index in [0.717, 1.165) is 31.7 Å². The smallest absolute Gasteiger partial charge is 0.134 e. The van der Waals surface area contributed by atoms with Crippen LogP contribution in [0.1, 0.15) is 11.6 Å². The number of halogens is 2. The summed E-state index contributed by atoms with van der Waals surface area (Å²) in [6.45, 7) is 3.74. The van der Waals surface area contributed by atoms with Crippen LogP contribution in [0.5, 0.6) is 5.75 Å². The molecule has 0 amide bonds. The number of hydrogen-bond donors (Lipinski definition) is 3. The molecule has 1 fully saturated rings. The van der Waals surface area contributed by atoms with Crippen molar-refractivity contribution >= 4 is 24.0 Å². The Bertz CT molecular complexity index is 384. The van der Waals surface area contributed by atoms with Gasteiger partial charge in [0.2, 0.25) is 0 Å². The highest BCUT2D eigenvalue weighted by Gasteiger charge is 2.21. The van der Waals surface area contributed by atoms with Gasteiger partial charge in [-0.2, -0.15) is 0 Å². The van der Waals surface area contributed by atoms with E-state index in [1.807, 2.05) is 6.07 Å². The summed E-state index contributed by atoms with van der Waals surface area (Å²) in [6, 6.07) is 5.06. The molecule has 18 heavy (non-hydrogen) atoms. The van der Waals surface area contributed by atoms with Crippen LogP contribution in [-0.4, -0.2) is 47.9 Å². The summed E-state index contributed by atoms with van der Waals surface area (Å²) >= 11 is 5.89. The van der Waals surface area contributed by atoms with Crippen molar-refractivity contribution in [3.8, 4) is 5.75 Å². The summed E-state index contributed by atoms with van der Waals surface area (Å²) in [5.74, 6) is 0.0763. The quantitative estimate of drug-likeness (QED) is 0.788. The van der Waals surface area contributed by atoms with Gasteiger partial charge in [0, 0.05) is 26.2 Å². The number of phenolic OH excluding ortho intramolecular Hbond substituents is 1. The zero-order valence-corrected chi connectivity index (χ0v) is 11.5. The first kappa shape index (κ1) is 15.5. The first-order valence-electron chi connectivity index (χ1n) is 5.76. The molecule has 1 atom stereocenters. The Hall–Kier alpha value is -0.520. The molecule has 1 aromatic rings. The van der Waals surface area contributed by atoms with E-state index in [0.29, 0.717) is 5.02 Å². The lowest BCUT2D eigenvalue weighted by Gasteiger charge is -2.34. The van der Waals surface area contributed by atoms with Crippen molar-refractivity contribution in [3.63, 3.8) is 0 Å². The number of hydrogen-bond acceptors (Lipinski definition) is 4. The van der Waals surface area contributed by atoms with E-state index in [2.05, 4.69) is 10.2 Å². The van der Waals surface area contributed by atoms with Crippen molar-refractivity contribution in [1.29, 1.82) is 0 Å². The van der Waals surface area contributed by atoms with E-state index in [1.54, 1.807) is 12.1 Å². The normalized spacial score (nSPS) is 18.1. The van der Waals surface area contributed by atoms with Gasteiger partial charge in [-0.1, -0.05) is 17.7 Å². The molecule has 1 aliphatic rings. The number of aromatic hydroxyl groups is 1. The molecule has 1 aromatic carbocycles. The van der Waals surface area contributed by atoms with Crippen LogP contribution in [0.15, 0.2) is 18.2 Å². The lowest BCUT2D eigenvalue weighted by molar-refractivity contribution is 0.111. The van der Waals surface area contributed by atoms with E-state index >= 15 is 0 Å². The van der Waals surface area contributed by atoms with Crippen molar-refractivity contribution in [2.75, 3.05) is 32.8 Å². The molecule has 1 aliphatic heterocycles. The third-order valence-corrected chi connectivity index (χ3v) is 3.42. The summed E-state index contributed by atoms with van der Waals surface area (Å²) in [5, 5.41) is 22.5. The molecule has 0 bridgehead atoms. The second kappa shape index (κ2) is 7.16. The van der Waals surface area contributed by atoms with Crippen LogP contribution in [0.3, 0.4) is 0 Å². The lowest BCUT2D eigenvalue weighted by atomic mass is 10.1. The number of nitrogens with one attached hydrogen (secondary N) is 1. The lowest BCUT2D eigenvalue weighted by Crippen LogP contribution is -2.46. The molecule has 1 saturated heterocycles. The molecular weight excluding hydrogens is 275 g/mol. The first-order valence-corrected chi connectivity index (χ1v) is 6.14. The van der Waals surface area contributed by atoms with Gasteiger partial charge in [-0.05, 0) is 17.7 Å². The van der Waals surface area contributed by atoms with Crippen LogP contribution in [0.4, 0.5) is 0 Å². The molecule has 0 radical (unpaired) electrons. The van der Waals surface area contributed by atoms with Crippen LogP contribution in [0.2, 0.25) is 5.02 Å². The minimum Gasteiger partial charge on any atom is -0.506 e. The Kier molecular flexibility index (Phi) is 6.18. The van der Waals surface area contributed by atoms with Crippen molar-refractivity contribution < 1.29 is 10.2 Å². The third-order valence-electron chi connectivity index (χ3n) is 3.12. The number of piperazine rings is 1. The van der Waals surface area contributed by atoms with E-state index in [1.165, 1.54) is 0 Å². The minimum absolute atomic E-state index is 0. The topological polar surface area (TPSA) is 55.7 Å². The van der Waals surface area contributed by atoms with Gasteiger partial charge < -0.3 is 15.5 Å². The molecule has 0 aliphatic carbocycles. The molecule has 6 heteroatoms. The maximum atomic E-state index is 9.52. The standard InChI is InChI=1S/C12H17ClN2O2.ClH/c13-10-7-9(1-2-12(10)17)11(8-16)15-5-3-14-4-6-15;/h1-2,7,11,14,16-17H,3-6,8H2;1H/t11-;/m1./s1. The molecule has 102 valence electrons. The van der Waals surface area contributed by atoms with Crippen molar-refractivity contribution in [2.45, 2.75) is 6.04 Å². The van der Waals surface area contributed by atoms with Crippen molar-refractivity contribution in [1.82, 2.24) is 10.2 Å². The van der Waals surface area contributed by atoms with Crippen LogP contribution >= 0.6 is 24.0 Å². The molecule has 0 saturated carbocycles. The highest BCUT2D eigenvalue weighted by Crippen LogP contribution is 2.29. The summed E-state index contributed by atoms with van der Waals surface area (Å²) in [5.41, 5.74) is 0.942. The monoisotopic (exact) mass is 292 g/mol. The second-order valence-corrected chi connectivity index (χ2v) is 4.60. The molecule has 1 heterocycles. The van der Waals surface area contributed by atoms with Gasteiger partial charge in [0.25, 0.3) is 0 Å². The number of aliphatic hydroxyl groups is 1. The highest BCUT2D eigenvalue weighted by molar-refractivity contribution is 6.32. The van der Waals surface area contributed by atoms with E-state index in [4.69, 9.17) is 11.6 Å². The number of rotatable bonds is 3. The zero-order chi connectivity index (χ0) is 12.3. The zero-order valence-electron chi connectivity index (χ0n) is 9.97. The Morgan fingerprint density at radius 3 is 2.56 bits per heavy atom. The molecule has 0 unspecified atom stereocenters. The SMILES string of the molecule is Cl.OC[C@H](c1ccc(O)c(Cl)c1)N1CCNCC1. The van der Waals surface area contributed by atoms with E-state index < -0.39 is 0 Å². The number of nitrogens with zero attached hydrogens (tertiary/aromatic N) is 1. The number of benzene rings is 1. The van der Waals surface area contributed by atoms with Crippen molar-refractivity contribution in [3.05, 3.63) is 28.8 Å². The minimum atomic E-state index is -0.0461. The first-order chi connectivity index (χ1) is 8.22. The van der Waals surface area contributed by atoms with Crippen LogP contribution < -0.4 is 5.32 Å². The average molecular weight is 293 g/mol. The highest BCUT2D eigenvalue weighted by atomic mass is 35.5. The van der Waals surface area contributed by atoms with E-state index in [-0.39, 0.29) is 30.8 Å². The summed E-state index contributed by atoms with van der Waals surface area (Å²) in [6.07, 6.45) is 0. The van der Waals surface area contributed by atoms with Gasteiger partial charge in [0.1, 0.15) is 5.75 Å². The Labute approximate surface area is 118 Å². The molecule has 3 N–H and O–H groups in total. The molecule has 4 nitrogen and oxygen atoms in total. The van der Waals surface area contributed by atoms with Gasteiger partial charge in [0.15, 0.2) is 0 Å². The fourth-order valence-corrected chi connectivity index (χ4v) is 2.34. The van der Waals surface area contributed by atoms with Gasteiger partial charge >= 0.3 is 0 Å². The Balaban J connectivity index is 0.00000162. The fraction of sp³-hybridized carbons (Fsp3) is 0.500. The predicted octanol–water partition coefficient (Wildman–Crippen LogP) is 1.41. The molecule has 0 spiro atoms. The summed E-state index contributed by atoms with van der Waals surface area (Å²) in [4.78, 5) is 2.22. The maximum Gasteiger partial charge on any atom is 0.134 e. The largest absolute Gasteiger partial charge is 0.506 e. The van der Waals surface area contributed by atoms with Crippen molar-refractivity contribution in [2.24, 2.45) is 0 Å².